The fourth-order valence-corrected chi connectivity index (χ4v) is 4.08. The van der Waals surface area contributed by atoms with Gasteiger partial charge in [-0.3, -0.25) is 0 Å². The standard InChI is InChI=1S/C10H16/c1-2-4-10-5-3-7-8(6-10)9(7)10/h7-9H,2-6H2,1H3. The lowest BCUT2D eigenvalue weighted by molar-refractivity contribution is 0.0910. The van der Waals surface area contributed by atoms with Crippen LogP contribution in [0, 0.1) is 23.2 Å². The summed E-state index contributed by atoms with van der Waals surface area (Å²) in [5.74, 6) is 3.71. The van der Waals surface area contributed by atoms with Crippen molar-refractivity contribution in [1.29, 1.82) is 0 Å². The molecule has 0 N–H and O–H groups in total. The van der Waals surface area contributed by atoms with Gasteiger partial charge >= 0.3 is 0 Å². The Bertz CT molecular complexity index is 169. The molecule has 4 unspecified atom stereocenters. The van der Waals surface area contributed by atoms with Gasteiger partial charge in [-0.1, -0.05) is 13.3 Å². The molecular formula is C10H16. The van der Waals surface area contributed by atoms with Crippen LogP contribution in [0.1, 0.15) is 39.0 Å². The molecule has 3 aliphatic rings. The van der Waals surface area contributed by atoms with E-state index in [0.717, 1.165) is 5.41 Å². The first kappa shape index (κ1) is 5.62. The Balaban J connectivity index is 1.81. The molecule has 0 spiro atoms. The first-order valence-electron chi connectivity index (χ1n) is 4.87. The summed E-state index contributed by atoms with van der Waals surface area (Å²) in [6, 6.07) is 0. The molecule has 0 amide bonds. The first-order valence-corrected chi connectivity index (χ1v) is 4.87. The molecule has 56 valence electrons. The van der Waals surface area contributed by atoms with E-state index >= 15 is 0 Å². The normalized spacial score (nSPS) is 61.5. The van der Waals surface area contributed by atoms with Crippen LogP contribution < -0.4 is 0 Å². The van der Waals surface area contributed by atoms with Crippen LogP contribution in [0.25, 0.3) is 0 Å². The van der Waals surface area contributed by atoms with Gasteiger partial charge in [0.1, 0.15) is 0 Å². The summed E-state index contributed by atoms with van der Waals surface area (Å²) >= 11 is 0. The van der Waals surface area contributed by atoms with Gasteiger partial charge in [0.25, 0.3) is 0 Å². The minimum absolute atomic E-state index is 0.921. The maximum Gasteiger partial charge on any atom is -0.0261 e. The fraction of sp³-hybridized carbons (Fsp3) is 1.00. The second-order valence-electron chi connectivity index (χ2n) is 4.71. The van der Waals surface area contributed by atoms with E-state index < -0.39 is 0 Å². The van der Waals surface area contributed by atoms with Crippen LogP contribution in [0.15, 0.2) is 0 Å². The van der Waals surface area contributed by atoms with Crippen LogP contribution in [0.5, 0.6) is 0 Å². The Hall–Kier alpha value is 0. The topological polar surface area (TPSA) is 0 Å². The molecule has 10 heavy (non-hydrogen) atoms. The molecule has 0 nitrogen and oxygen atoms in total. The van der Waals surface area contributed by atoms with Crippen molar-refractivity contribution in [3.63, 3.8) is 0 Å². The highest BCUT2D eigenvalue weighted by Crippen LogP contribution is 2.80. The summed E-state index contributed by atoms with van der Waals surface area (Å²) in [5, 5.41) is 0. The Labute approximate surface area is 63.0 Å². The van der Waals surface area contributed by atoms with Gasteiger partial charge in [0.2, 0.25) is 0 Å². The van der Waals surface area contributed by atoms with Gasteiger partial charge in [0.15, 0.2) is 0 Å². The van der Waals surface area contributed by atoms with Gasteiger partial charge in [-0.2, -0.15) is 0 Å². The Morgan fingerprint density at radius 2 is 2.30 bits per heavy atom. The molecule has 3 aliphatic carbocycles. The van der Waals surface area contributed by atoms with Crippen molar-refractivity contribution in [1.82, 2.24) is 0 Å². The number of fused-ring (bicyclic) bond motifs is 1. The Kier molecular flexibility index (Phi) is 0.810. The van der Waals surface area contributed by atoms with Crippen molar-refractivity contribution < 1.29 is 0 Å². The van der Waals surface area contributed by atoms with Crippen LogP contribution in [0.3, 0.4) is 0 Å². The minimum Gasteiger partial charge on any atom is -0.0654 e. The fourth-order valence-electron chi connectivity index (χ4n) is 4.08. The molecular weight excluding hydrogens is 120 g/mol. The molecule has 0 radical (unpaired) electrons. The number of hydrogen-bond donors (Lipinski definition) is 0. The van der Waals surface area contributed by atoms with Crippen molar-refractivity contribution in [3.8, 4) is 0 Å². The van der Waals surface area contributed by atoms with E-state index in [1.165, 1.54) is 24.2 Å². The summed E-state index contributed by atoms with van der Waals surface area (Å²) in [6.07, 6.45) is 7.78. The SMILES string of the molecule is CCCC12CCC3C(C1)C32. The van der Waals surface area contributed by atoms with E-state index in [-0.39, 0.29) is 0 Å². The lowest BCUT2D eigenvalue weighted by Gasteiger charge is -2.41. The highest BCUT2D eigenvalue weighted by molar-refractivity contribution is 5.22. The predicted octanol–water partition coefficient (Wildman–Crippen LogP) is 2.83. The predicted molar refractivity (Wildman–Crippen MR) is 41.7 cm³/mol. The van der Waals surface area contributed by atoms with Crippen molar-refractivity contribution >= 4 is 0 Å². The largest absolute Gasteiger partial charge is 0.0654 e. The lowest BCUT2D eigenvalue weighted by atomic mass is 9.64. The number of hydrogen-bond acceptors (Lipinski definition) is 0. The van der Waals surface area contributed by atoms with Gasteiger partial charge in [-0.05, 0) is 48.9 Å². The molecule has 0 aliphatic heterocycles. The van der Waals surface area contributed by atoms with Crippen molar-refractivity contribution in [3.05, 3.63) is 0 Å². The quantitative estimate of drug-likeness (QED) is 0.547. The lowest BCUT2D eigenvalue weighted by Crippen LogP contribution is -2.31. The van der Waals surface area contributed by atoms with Gasteiger partial charge < -0.3 is 0 Å². The second-order valence-corrected chi connectivity index (χ2v) is 4.71. The third-order valence-electron chi connectivity index (χ3n) is 4.40. The average Bonchev–Trinajstić information content (AvgIpc) is 2.40. The summed E-state index contributed by atoms with van der Waals surface area (Å²) in [6.45, 7) is 2.35. The van der Waals surface area contributed by atoms with Gasteiger partial charge in [-0.25, -0.2) is 0 Å². The average molecular weight is 136 g/mol. The smallest absolute Gasteiger partial charge is 0.0261 e. The first-order chi connectivity index (χ1) is 4.87. The van der Waals surface area contributed by atoms with Gasteiger partial charge in [0.05, 0.1) is 0 Å². The monoisotopic (exact) mass is 136 g/mol. The highest BCUT2D eigenvalue weighted by Gasteiger charge is 2.73. The number of rotatable bonds is 2. The van der Waals surface area contributed by atoms with E-state index in [1.54, 1.807) is 25.7 Å². The molecule has 3 fully saturated rings. The van der Waals surface area contributed by atoms with Crippen molar-refractivity contribution in [2.24, 2.45) is 23.2 Å². The van der Waals surface area contributed by atoms with E-state index in [9.17, 15) is 0 Å². The van der Waals surface area contributed by atoms with E-state index in [2.05, 4.69) is 6.92 Å². The van der Waals surface area contributed by atoms with Gasteiger partial charge in [0, 0.05) is 0 Å². The Morgan fingerprint density at radius 3 is 2.70 bits per heavy atom. The molecule has 0 bridgehead atoms. The van der Waals surface area contributed by atoms with Crippen LogP contribution in [0.4, 0.5) is 0 Å². The van der Waals surface area contributed by atoms with E-state index in [1.807, 2.05) is 0 Å². The van der Waals surface area contributed by atoms with Crippen molar-refractivity contribution in [2.45, 2.75) is 39.0 Å². The van der Waals surface area contributed by atoms with Crippen LogP contribution in [-0.4, -0.2) is 0 Å². The van der Waals surface area contributed by atoms with Crippen LogP contribution in [-0.2, 0) is 0 Å². The third-order valence-corrected chi connectivity index (χ3v) is 4.40. The molecule has 3 saturated carbocycles. The van der Waals surface area contributed by atoms with E-state index in [0.29, 0.717) is 0 Å². The second kappa shape index (κ2) is 1.44. The van der Waals surface area contributed by atoms with Gasteiger partial charge in [-0.15, -0.1) is 0 Å². The third kappa shape index (κ3) is 0.408. The van der Waals surface area contributed by atoms with Crippen molar-refractivity contribution in [2.75, 3.05) is 0 Å². The van der Waals surface area contributed by atoms with E-state index in [4.69, 9.17) is 0 Å². The summed E-state index contributed by atoms with van der Waals surface area (Å²) < 4.78 is 0. The molecule has 4 atom stereocenters. The molecule has 0 aromatic rings. The molecule has 0 heteroatoms. The molecule has 0 aromatic carbocycles. The summed E-state index contributed by atoms with van der Waals surface area (Å²) in [5.41, 5.74) is 0.921. The summed E-state index contributed by atoms with van der Waals surface area (Å²) in [7, 11) is 0. The van der Waals surface area contributed by atoms with Crippen LogP contribution >= 0.6 is 0 Å². The zero-order chi connectivity index (χ0) is 6.77. The Morgan fingerprint density at radius 1 is 1.40 bits per heavy atom. The zero-order valence-electron chi connectivity index (χ0n) is 6.77. The maximum absolute atomic E-state index is 2.35. The zero-order valence-corrected chi connectivity index (χ0v) is 6.77. The maximum atomic E-state index is 2.35. The molecule has 0 saturated heterocycles. The molecule has 0 heterocycles. The molecule has 3 rings (SSSR count). The van der Waals surface area contributed by atoms with Crippen LogP contribution in [0.2, 0.25) is 0 Å². The summed E-state index contributed by atoms with van der Waals surface area (Å²) in [4.78, 5) is 0. The molecule has 0 aromatic heterocycles. The highest BCUT2D eigenvalue weighted by atomic mass is 14.8. The minimum atomic E-state index is 0.921.